The highest BCUT2D eigenvalue weighted by molar-refractivity contribution is 5.71. The fourth-order valence-corrected chi connectivity index (χ4v) is 8.71. The summed E-state index contributed by atoms with van der Waals surface area (Å²) in [6.45, 7) is 4.75. The van der Waals surface area contributed by atoms with Crippen LogP contribution in [0.25, 0.3) is 0 Å². The van der Waals surface area contributed by atoms with Gasteiger partial charge in [-0.15, -0.1) is 0 Å². The van der Waals surface area contributed by atoms with Gasteiger partial charge in [0.2, 0.25) is 0 Å². The van der Waals surface area contributed by atoms with E-state index in [1.807, 2.05) is 21.1 Å². The summed E-state index contributed by atoms with van der Waals surface area (Å²) in [4.78, 5) is 37.4. The summed E-state index contributed by atoms with van der Waals surface area (Å²) in [5, 5.41) is 9.71. The van der Waals surface area contributed by atoms with Gasteiger partial charge in [-0.05, 0) is 109 Å². The maximum absolute atomic E-state index is 12.9. The molecule has 0 aliphatic carbocycles. The number of carboxylic acids is 1. The summed E-state index contributed by atoms with van der Waals surface area (Å²) < 4.78 is 22.9. The normalized spacial score (nSPS) is 13.5. The zero-order chi connectivity index (χ0) is 59.1. The van der Waals surface area contributed by atoms with E-state index in [1.54, 1.807) is 0 Å². The van der Waals surface area contributed by atoms with Crippen molar-refractivity contribution in [1.29, 1.82) is 0 Å². The second-order valence-corrected chi connectivity index (χ2v) is 22.7. The molecule has 0 aromatic carbocycles. The summed E-state index contributed by atoms with van der Waals surface area (Å²) in [5.74, 6) is -2.02. The molecule has 1 N–H and O–H groups in total. The third-order valence-electron chi connectivity index (χ3n) is 13.7. The van der Waals surface area contributed by atoms with E-state index >= 15 is 0 Å². The van der Waals surface area contributed by atoms with Gasteiger partial charge in [0, 0.05) is 12.8 Å². The van der Waals surface area contributed by atoms with Crippen molar-refractivity contribution in [2.45, 2.75) is 270 Å². The third-order valence-corrected chi connectivity index (χ3v) is 13.7. The van der Waals surface area contributed by atoms with E-state index in [2.05, 4.69) is 135 Å². The molecule has 0 heterocycles. The van der Waals surface area contributed by atoms with Crippen molar-refractivity contribution in [2.24, 2.45) is 0 Å². The van der Waals surface area contributed by atoms with Crippen LogP contribution in [0, 0.1) is 0 Å². The number of hydrogen-bond acceptors (Lipinski definition) is 7. The molecule has 0 fully saturated rings. The van der Waals surface area contributed by atoms with Crippen molar-refractivity contribution < 1.29 is 42.9 Å². The Morgan fingerprint density at radius 1 is 0.383 bits per heavy atom. The van der Waals surface area contributed by atoms with Gasteiger partial charge < -0.3 is 28.5 Å². The predicted octanol–water partition coefficient (Wildman–Crippen LogP) is 20.0. The van der Waals surface area contributed by atoms with Crippen molar-refractivity contribution >= 4 is 17.9 Å². The molecule has 0 aliphatic rings. The molecule has 2 unspecified atom stereocenters. The second kappa shape index (κ2) is 61.8. The lowest BCUT2D eigenvalue weighted by Gasteiger charge is -2.25. The molecule has 462 valence electrons. The summed E-state index contributed by atoms with van der Waals surface area (Å²) in [6, 6.07) is 0. The third kappa shape index (κ3) is 63.1. The molecule has 0 radical (unpaired) electrons. The summed E-state index contributed by atoms with van der Waals surface area (Å²) in [5.41, 5.74) is 0. The van der Waals surface area contributed by atoms with Crippen LogP contribution in [-0.4, -0.2) is 87.4 Å². The van der Waals surface area contributed by atoms with Crippen LogP contribution in [0.1, 0.15) is 258 Å². The SMILES string of the molecule is CC/C=C\C/C=C\C/C=C\C/C=C\C/C=C\C/C=C\C/C=C\C/C=C\C/C=C\CCCCCCCCCCCCCCCC(=O)OC(COC(=O)CCCCCCC/C=C\CCCCCCCC)COC(OCC[N+](C)(C)C)C(=O)O. The van der Waals surface area contributed by atoms with E-state index in [4.69, 9.17) is 18.9 Å². The van der Waals surface area contributed by atoms with Crippen molar-refractivity contribution in [2.75, 3.05) is 47.5 Å². The van der Waals surface area contributed by atoms with Gasteiger partial charge >= 0.3 is 17.9 Å². The quantitative estimate of drug-likeness (QED) is 0.0211. The molecule has 0 saturated carbocycles. The topological polar surface area (TPSA) is 108 Å². The minimum Gasteiger partial charge on any atom is -0.477 e. The Balaban J connectivity index is 4.09. The Kier molecular flexibility index (Phi) is 58.5. The zero-order valence-corrected chi connectivity index (χ0v) is 52.7. The molecule has 0 saturated heterocycles. The Morgan fingerprint density at radius 2 is 0.704 bits per heavy atom. The number of carboxylic acid groups (broad SMARTS) is 1. The number of carbonyl (C=O) groups excluding carboxylic acids is 2. The van der Waals surface area contributed by atoms with Crippen LogP contribution in [0.15, 0.2) is 122 Å². The molecule has 2 atom stereocenters. The minimum absolute atomic E-state index is 0.182. The number of esters is 2. The average Bonchev–Trinajstić information content (AvgIpc) is 3.44. The number of allylic oxidation sites excluding steroid dienone is 20. The molecule has 9 heteroatoms. The molecule has 0 aromatic rings. The fourth-order valence-electron chi connectivity index (χ4n) is 8.71. The highest BCUT2D eigenvalue weighted by Crippen LogP contribution is 2.16. The first kappa shape index (κ1) is 76.7. The monoisotopic (exact) mass is 1130 g/mol. The maximum Gasteiger partial charge on any atom is 0.361 e. The predicted molar refractivity (Wildman–Crippen MR) is 345 cm³/mol. The molecule has 0 aromatic heterocycles. The van der Waals surface area contributed by atoms with Gasteiger partial charge in [0.15, 0.2) is 6.10 Å². The number of quaternary nitrogens is 1. The van der Waals surface area contributed by atoms with Crippen LogP contribution < -0.4 is 0 Å². The Labute approximate surface area is 497 Å². The first-order valence-corrected chi connectivity index (χ1v) is 32.7. The average molecular weight is 1130 g/mol. The highest BCUT2D eigenvalue weighted by atomic mass is 16.7. The molecule has 81 heavy (non-hydrogen) atoms. The van der Waals surface area contributed by atoms with E-state index in [-0.39, 0.29) is 38.6 Å². The van der Waals surface area contributed by atoms with Gasteiger partial charge in [0.05, 0.1) is 34.4 Å². The number of ether oxygens (including phenoxy) is 4. The smallest absolute Gasteiger partial charge is 0.361 e. The first-order chi connectivity index (χ1) is 39.6. The fraction of sp³-hybridized carbons (Fsp3) is 0.681. The largest absolute Gasteiger partial charge is 0.477 e. The second-order valence-electron chi connectivity index (χ2n) is 22.7. The summed E-state index contributed by atoms with van der Waals surface area (Å²) in [7, 11) is 5.96. The van der Waals surface area contributed by atoms with Crippen LogP contribution >= 0.6 is 0 Å². The maximum atomic E-state index is 12.9. The van der Waals surface area contributed by atoms with Gasteiger partial charge in [-0.1, -0.05) is 257 Å². The molecule has 0 aliphatic heterocycles. The van der Waals surface area contributed by atoms with Crippen LogP contribution in [0.4, 0.5) is 0 Å². The Bertz CT molecular complexity index is 1740. The zero-order valence-electron chi connectivity index (χ0n) is 52.7. The van der Waals surface area contributed by atoms with Crippen molar-refractivity contribution in [3.63, 3.8) is 0 Å². The van der Waals surface area contributed by atoms with Crippen LogP contribution in [0.5, 0.6) is 0 Å². The first-order valence-electron chi connectivity index (χ1n) is 32.7. The Hall–Kier alpha value is -4.31. The van der Waals surface area contributed by atoms with Crippen molar-refractivity contribution in [3.05, 3.63) is 122 Å². The number of unbranched alkanes of at least 4 members (excludes halogenated alkanes) is 24. The highest BCUT2D eigenvalue weighted by Gasteiger charge is 2.25. The lowest BCUT2D eigenvalue weighted by atomic mass is 10.0. The number of rotatable bonds is 59. The molecule has 0 bridgehead atoms. The van der Waals surface area contributed by atoms with Gasteiger partial charge in [-0.25, -0.2) is 4.79 Å². The number of carbonyl (C=O) groups is 3. The summed E-state index contributed by atoms with van der Waals surface area (Å²) >= 11 is 0. The van der Waals surface area contributed by atoms with E-state index in [9.17, 15) is 19.5 Å². The standard InChI is InChI=1S/C72H121NO8/c1-6-8-10-12-14-16-18-20-22-23-24-25-26-27-28-29-30-31-32-33-34-35-36-37-38-39-40-41-42-43-44-45-46-47-49-51-53-55-57-59-61-63-70(75)81-68(67-80-72(71(76)77)78-65-64-73(3,4)5)66-79-69(74)62-60-58-56-54-52-50-48-21-19-17-15-13-11-9-7-2/h8,10,14,16,20-22,24-25,27-28,30-31,33-34,36-37,39-40,48,68,72H,6-7,9,11-13,15,17-19,23,26,29,32,35,38,41-47,49-67H2,1-5H3/p+1/b10-8-,16-14-,22-20-,25-24-,28-27-,31-30-,34-33-,37-36-,40-39-,48-21-. The van der Waals surface area contributed by atoms with Gasteiger partial charge in [0.1, 0.15) is 13.2 Å². The van der Waals surface area contributed by atoms with Gasteiger partial charge in [-0.2, -0.15) is 0 Å². The molecule has 9 nitrogen and oxygen atoms in total. The number of hydrogen-bond donors (Lipinski definition) is 1. The molecule has 0 rings (SSSR count). The van der Waals surface area contributed by atoms with Crippen LogP contribution in [-0.2, 0) is 33.3 Å². The Morgan fingerprint density at radius 3 is 1.06 bits per heavy atom. The van der Waals surface area contributed by atoms with Crippen molar-refractivity contribution in [1.82, 2.24) is 0 Å². The minimum atomic E-state index is -1.52. The molecular weight excluding hydrogens is 1010 g/mol. The number of likely N-dealkylation sites (N-methyl/N-ethyl adjacent to an activating group) is 1. The van der Waals surface area contributed by atoms with E-state index in [1.165, 1.54) is 109 Å². The lowest BCUT2D eigenvalue weighted by molar-refractivity contribution is -0.870. The van der Waals surface area contributed by atoms with Crippen molar-refractivity contribution in [3.8, 4) is 0 Å². The van der Waals surface area contributed by atoms with E-state index < -0.39 is 24.3 Å². The van der Waals surface area contributed by atoms with Gasteiger partial charge in [-0.3, -0.25) is 9.59 Å². The lowest BCUT2D eigenvalue weighted by Crippen LogP contribution is -2.40. The number of aliphatic carboxylic acids is 1. The number of nitrogens with zero attached hydrogens (tertiary/aromatic N) is 1. The molecule has 0 spiro atoms. The molecular formula is C72H122NO8+. The van der Waals surface area contributed by atoms with Crippen LogP contribution in [0.2, 0.25) is 0 Å². The summed E-state index contributed by atoms with van der Waals surface area (Å²) in [6.07, 6.45) is 84.4. The van der Waals surface area contributed by atoms with E-state index in [0.717, 1.165) is 116 Å². The van der Waals surface area contributed by atoms with E-state index in [0.29, 0.717) is 17.4 Å². The van der Waals surface area contributed by atoms with Gasteiger partial charge in [0.25, 0.3) is 6.29 Å². The molecule has 0 amide bonds. The van der Waals surface area contributed by atoms with Crippen LogP contribution in [0.3, 0.4) is 0 Å².